The number of fused-ring (bicyclic) bond motifs is 1. The Morgan fingerprint density at radius 2 is 1.31 bits per heavy atom. The highest BCUT2D eigenvalue weighted by Crippen LogP contribution is 2.22. The van der Waals surface area contributed by atoms with Crippen LogP contribution in [-0.4, -0.2) is 188 Å². The Balaban J connectivity index is 1.28. The van der Waals surface area contributed by atoms with Gasteiger partial charge >= 0.3 is 12.0 Å². The predicted octanol–water partition coefficient (Wildman–Crippen LogP) is -2.53. The van der Waals surface area contributed by atoms with E-state index in [-0.39, 0.29) is 94.4 Å². The van der Waals surface area contributed by atoms with E-state index in [1.54, 1.807) is 65.1 Å². The van der Waals surface area contributed by atoms with Gasteiger partial charge in [0.1, 0.15) is 66.7 Å². The van der Waals surface area contributed by atoms with Gasteiger partial charge in [0.15, 0.2) is 5.96 Å². The maximum Gasteiger partial charge on any atom is 0.330 e. The number of nitrogens with one attached hydrogen (secondary N) is 12. The minimum atomic E-state index is -1.80. The predicted molar refractivity (Wildman–Crippen MR) is 338 cm³/mol. The number of guanidine groups is 1. The molecule has 0 bridgehead atoms. The molecule has 0 unspecified atom stereocenters. The molecule has 2 aliphatic rings. The van der Waals surface area contributed by atoms with Gasteiger partial charge in [0.2, 0.25) is 53.2 Å². The highest BCUT2D eigenvalue weighted by Gasteiger charge is 2.40. The van der Waals surface area contributed by atoms with Gasteiger partial charge in [-0.25, -0.2) is 15.2 Å². The summed E-state index contributed by atoms with van der Waals surface area (Å²) in [5.41, 5.74) is 21.5. The van der Waals surface area contributed by atoms with Crippen LogP contribution in [0.15, 0.2) is 72.2 Å². The zero-order valence-electron chi connectivity index (χ0n) is 53.3. The number of phenols is 1. The number of H-pyrrole nitrogens is 2. The fourth-order valence-electron chi connectivity index (χ4n) is 10.4. The molecule has 0 aliphatic carbocycles. The fourth-order valence-corrected chi connectivity index (χ4v) is 10.4. The highest BCUT2D eigenvalue weighted by molar-refractivity contribution is 6.00. The third-order valence-electron chi connectivity index (χ3n) is 15.1. The molecule has 2 aromatic heterocycles. The summed E-state index contributed by atoms with van der Waals surface area (Å²) in [6.07, 6.45) is 4.75. The van der Waals surface area contributed by atoms with Crippen molar-refractivity contribution in [2.75, 3.05) is 26.3 Å². The average molecular weight is 1310 g/mol. The molecule has 94 heavy (non-hydrogen) atoms. The fraction of sp³-hybridized carbons (Fsp3) is 0.508. The first-order valence-corrected chi connectivity index (χ1v) is 30.7. The molecule has 6 rings (SSSR count). The lowest BCUT2D eigenvalue weighted by Gasteiger charge is -2.31. The number of rotatable bonds is 32. The summed E-state index contributed by atoms with van der Waals surface area (Å²) in [6.45, 7) is 8.50. The number of amides is 12. The molecule has 0 spiro atoms. The number of nitrogens with two attached hydrogens (primary N) is 3. The number of phenolic OH excluding ortho intramolecular Hbond substituents is 1. The largest absolute Gasteiger partial charge is 0.508 e. The minimum Gasteiger partial charge on any atom is -0.508 e. The van der Waals surface area contributed by atoms with Gasteiger partial charge in [-0.1, -0.05) is 44.2 Å². The summed E-state index contributed by atoms with van der Waals surface area (Å²) in [5.74, 6) is -9.60. The van der Waals surface area contributed by atoms with Gasteiger partial charge in [0.05, 0.1) is 18.5 Å². The van der Waals surface area contributed by atoms with E-state index in [1.807, 2.05) is 5.43 Å². The number of nitrogens with zero attached hydrogens (tertiary/aromatic N) is 3. The van der Waals surface area contributed by atoms with E-state index in [2.05, 4.69) is 67.9 Å². The lowest BCUT2D eigenvalue weighted by atomic mass is 10.0. The molecule has 33 nitrogen and oxygen atoms in total. The van der Waals surface area contributed by atoms with Gasteiger partial charge in [-0.2, -0.15) is 0 Å². The molecule has 510 valence electrons. The number of ether oxygens (including phenoxy) is 2. The van der Waals surface area contributed by atoms with Crippen LogP contribution >= 0.6 is 0 Å². The molecular weight excluding hydrogens is 1220 g/mol. The van der Waals surface area contributed by atoms with Crippen molar-refractivity contribution in [2.24, 2.45) is 28.1 Å². The summed E-state index contributed by atoms with van der Waals surface area (Å²) < 4.78 is 11.3. The molecule has 12 amide bonds. The van der Waals surface area contributed by atoms with Crippen molar-refractivity contribution in [1.82, 2.24) is 73.2 Å². The van der Waals surface area contributed by atoms with E-state index in [0.717, 1.165) is 6.92 Å². The quantitative estimate of drug-likeness (QED) is 0.00788. The van der Waals surface area contributed by atoms with Crippen LogP contribution in [0.25, 0.3) is 10.9 Å². The van der Waals surface area contributed by atoms with Crippen LogP contribution in [0.4, 0.5) is 4.79 Å². The van der Waals surface area contributed by atoms with Crippen molar-refractivity contribution in [3.63, 3.8) is 0 Å². The topological polar surface area (TPSA) is 502 Å². The number of carbonyl (C=O) groups excluding carboxylic acids is 12. The van der Waals surface area contributed by atoms with Crippen molar-refractivity contribution in [3.8, 4) is 5.75 Å². The van der Waals surface area contributed by atoms with Crippen molar-refractivity contribution in [3.05, 3.63) is 84.1 Å². The number of hydrogen-bond acceptors (Lipinski definition) is 17. The Morgan fingerprint density at radius 1 is 0.713 bits per heavy atom. The summed E-state index contributed by atoms with van der Waals surface area (Å²) in [7, 11) is 0. The number of primary amides is 1. The van der Waals surface area contributed by atoms with Crippen molar-refractivity contribution >= 4 is 87.9 Å². The number of aliphatic imine (C=N–C) groups is 1. The Hall–Kier alpha value is -10.3. The number of aromatic hydroxyl groups is 1. The van der Waals surface area contributed by atoms with Gasteiger partial charge in [-0.15, -0.1) is 0 Å². The van der Waals surface area contributed by atoms with Crippen LogP contribution in [0.5, 0.6) is 5.75 Å². The maximum atomic E-state index is 14.9. The van der Waals surface area contributed by atoms with E-state index >= 15 is 0 Å². The van der Waals surface area contributed by atoms with Gasteiger partial charge in [0, 0.05) is 74.7 Å². The molecule has 9 atom stereocenters. The smallest absolute Gasteiger partial charge is 0.330 e. The number of esters is 1. The second kappa shape index (κ2) is 34.4. The zero-order valence-corrected chi connectivity index (χ0v) is 53.3. The molecule has 19 N–H and O–H groups in total. The molecule has 0 saturated carbocycles. The van der Waals surface area contributed by atoms with E-state index in [4.69, 9.17) is 26.7 Å². The minimum absolute atomic E-state index is 0.00819. The van der Waals surface area contributed by atoms with Crippen LogP contribution in [0.1, 0.15) is 103 Å². The van der Waals surface area contributed by atoms with E-state index in [9.17, 15) is 62.6 Å². The van der Waals surface area contributed by atoms with Crippen molar-refractivity contribution in [2.45, 2.75) is 166 Å². The molecule has 0 radical (unpaired) electrons. The van der Waals surface area contributed by atoms with Crippen LogP contribution in [0.2, 0.25) is 0 Å². The van der Waals surface area contributed by atoms with Crippen LogP contribution in [0, 0.1) is 5.92 Å². The average Bonchev–Trinajstić information content (AvgIpc) is 1.62. The monoisotopic (exact) mass is 1310 g/mol. The Bertz CT molecular complexity index is 3360. The molecule has 2 saturated heterocycles. The van der Waals surface area contributed by atoms with Crippen LogP contribution < -0.4 is 70.6 Å². The number of imidazole rings is 1. The standard InChI is InChI=1S/C61H86N18O15/c1-32(2)23-42(51(84)70-41(13-9-21-66-59(62)63)58(91)79-22-10-14-48(79)57(90)77-78-60(64)92)71-56(89)47(30-94-61(4,5)6)76-52(85)43(24-34-15-17-37(81)18-16-34)72-55(88)46(29-93-33(3)80)75-53(86)44(25-35-27-67-39-12-8-7-11-38(35)39)73-54(87)45(26-36-28-65-31-68-36)74-50(83)40-19-20-49(82)69-40/h7-8,11-12,15-18,27-28,31-32,40-48,67,81H,9-10,13-14,19-26,29-30H2,1-6H3,(H,65,68)(H,69,82)(H,70,84)(H,71,89)(H,72,88)(H,73,87)(H,74,83)(H,75,86)(H,76,85)(H,77,90)(H4,62,63,66)(H3,64,78,92)/t40-,41-,42-,43-,44-,45-,46-,47+,48-/m0/s1. The summed E-state index contributed by atoms with van der Waals surface area (Å²) in [6, 6.07) is -0.949. The highest BCUT2D eigenvalue weighted by atomic mass is 16.5. The number of aromatic nitrogens is 3. The first kappa shape index (κ1) is 72.7. The van der Waals surface area contributed by atoms with Gasteiger partial charge in [0.25, 0.3) is 5.91 Å². The number of likely N-dealkylation sites (tertiary alicyclic amines) is 1. The normalized spacial score (nSPS) is 16.7. The third-order valence-corrected chi connectivity index (χ3v) is 15.1. The number of hydrogen-bond donors (Lipinski definition) is 16. The van der Waals surface area contributed by atoms with Crippen LogP contribution in [0.3, 0.4) is 0 Å². The van der Waals surface area contributed by atoms with Gasteiger partial charge < -0.3 is 89.2 Å². The number of para-hydroxylation sites is 1. The summed E-state index contributed by atoms with van der Waals surface area (Å²) in [4.78, 5) is 181. The van der Waals surface area contributed by atoms with Crippen molar-refractivity contribution in [1.29, 1.82) is 0 Å². The number of hydrazine groups is 1. The number of urea groups is 1. The van der Waals surface area contributed by atoms with Gasteiger partial charge in [-0.05, 0) is 94.5 Å². The first-order valence-electron chi connectivity index (χ1n) is 30.7. The maximum absolute atomic E-state index is 14.9. The number of benzene rings is 2. The molecule has 4 heterocycles. The first-order chi connectivity index (χ1) is 44.5. The summed E-state index contributed by atoms with van der Waals surface area (Å²) in [5, 5.41) is 32.1. The third kappa shape index (κ3) is 22.8. The molecule has 33 heteroatoms. The zero-order chi connectivity index (χ0) is 68.8. The van der Waals surface area contributed by atoms with Crippen LogP contribution in [-0.2, 0) is 81.5 Å². The molecule has 2 aromatic carbocycles. The van der Waals surface area contributed by atoms with E-state index in [0.29, 0.717) is 34.1 Å². The Morgan fingerprint density at radius 3 is 1.90 bits per heavy atom. The number of carbonyl (C=O) groups is 12. The summed E-state index contributed by atoms with van der Waals surface area (Å²) >= 11 is 0. The lowest BCUT2D eigenvalue weighted by molar-refractivity contribution is -0.145. The van der Waals surface area contributed by atoms with Gasteiger partial charge in [-0.3, -0.25) is 63.2 Å². The molecule has 2 fully saturated rings. The Labute approximate surface area is 541 Å². The van der Waals surface area contributed by atoms with E-state index < -0.39 is 138 Å². The second-order valence-electron chi connectivity index (χ2n) is 24.3. The van der Waals surface area contributed by atoms with E-state index in [1.165, 1.54) is 41.7 Å². The van der Waals surface area contributed by atoms with Crippen molar-refractivity contribution < 1.29 is 72.1 Å². The molecule has 4 aromatic rings. The Kier molecular flexibility index (Phi) is 26.6. The SMILES string of the molecule is CC(=O)OC[C@H](NC(=O)[C@H](Cc1c[nH]c2ccccc12)NC(=O)[C@H](Cc1cnc[nH]1)NC(=O)[C@@H]1CCC(=O)N1)C(=O)N[C@@H](Cc1ccc(O)cc1)C(=O)N[C@H](COC(C)(C)C)C(=O)N[C@@H](CC(C)C)C(=O)N[C@@H](CCCN=C(N)N)C(=O)N1CCC[C@H]1C(=O)NNC(N)=O. The molecule has 2 aliphatic heterocycles. The second-order valence-corrected chi connectivity index (χ2v) is 24.3. The lowest BCUT2D eigenvalue weighted by Crippen LogP contribution is -2.62. The number of aromatic amines is 2. The molecular formula is C61H86N18O15.